The Hall–Kier alpha value is -0.490. The number of carbonyl (C=O) groups excluding carboxylic acids is 1. The normalized spacial score (nSPS) is 14.9. The summed E-state index contributed by atoms with van der Waals surface area (Å²) in [6.45, 7) is 2.89. The molecule has 0 saturated carbocycles. The van der Waals surface area contributed by atoms with E-state index in [9.17, 15) is 4.79 Å². The van der Waals surface area contributed by atoms with Crippen LogP contribution in [0.1, 0.15) is 18.5 Å². The topological polar surface area (TPSA) is 45.2 Å². The molecule has 1 fully saturated rings. The van der Waals surface area contributed by atoms with Crippen LogP contribution in [0.3, 0.4) is 0 Å². The van der Waals surface area contributed by atoms with Gasteiger partial charge in [-0.25, -0.2) is 0 Å². The number of pyridine rings is 1. The van der Waals surface area contributed by atoms with Crippen molar-refractivity contribution in [2.75, 3.05) is 32.4 Å². The Morgan fingerprint density at radius 2 is 2.09 bits per heavy atom. The van der Waals surface area contributed by atoms with Gasteiger partial charge in [-0.05, 0) is 44.5 Å². The SMILES string of the molecule is CNCC1CCN(C(=O)CSCc2ccccn2)CC1.Cl.Cl. The van der Waals surface area contributed by atoms with E-state index in [2.05, 4.69) is 10.3 Å². The van der Waals surface area contributed by atoms with Gasteiger partial charge in [0.1, 0.15) is 0 Å². The number of nitrogens with zero attached hydrogens (tertiary/aromatic N) is 2. The molecular weight excluding hydrogens is 341 g/mol. The molecule has 0 atom stereocenters. The van der Waals surface area contributed by atoms with Crippen LogP contribution in [0.25, 0.3) is 0 Å². The van der Waals surface area contributed by atoms with Crippen LogP contribution in [0.5, 0.6) is 0 Å². The monoisotopic (exact) mass is 365 g/mol. The number of amides is 1. The molecular formula is C15H25Cl2N3OS. The molecule has 2 rings (SSSR count). The van der Waals surface area contributed by atoms with Crippen LogP contribution in [-0.4, -0.2) is 48.2 Å². The summed E-state index contributed by atoms with van der Waals surface area (Å²) in [5, 5.41) is 3.22. The number of nitrogens with one attached hydrogen (secondary N) is 1. The zero-order valence-electron chi connectivity index (χ0n) is 12.9. The molecule has 0 spiro atoms. The molecule has 2 heterocycles. The van der Waals surface area contributed by atoms with Crippen molar-refractivity contribution >= 4 is 42.5 Å². The molecule has 1 saturated heterocycles. The zero-order valence-corrected chi connectivity index (χ0v) is 15.3. The Morgan fingerprint density at radius 1 is 1.36 bits per heavy atom. The molecule has 1 N–H and O–H groups in total. The number of halogens is 2. The van der Waals surface area contributed by atoms with Crippen LogP contribution in [0.4, 0.5) is 0 Å². The van der Waals surface area contributed by atoms with Crippen molar-refractivity contribution in [1.29, 1.82) is 0 Å². The first-order valence-corrected chi connectivity index (χ1v) is 8.35. The second-order valence-electron chi connectivity index (χ2n) is 5.20. The van der Waals surface area contributed by atoms with Crippen LogP contribution >= 0.6 is 36.6 Å². The van der Waals surface area contributed by atoms with E-state index in [4.69, 9.17) is 0 Å². The fourth-order valence-electron chi connectivity index (χ4n) is 2.49. The van der Waals surface area contributed by atoms with E-state index in [1.807, 2.05) is 30.1 Å². The number of hydrogen-bond donors (Lipinski definition) is 1. The van der Waals surface area contributed by atoms with Crippen LogP contribution in [-0.2, 0) is 10.5 Å². The number of thioether (sulfide) groups is 1. The highest BCUT2D eigenvalue weighted by molar-refractivity contribution is 7.99. The summed E-state index contributed by atoms with van der Waals surface area (Å²) in [7, 11) is 1.99. The van der Waals surface area contributed by atoms with Crippen LogP contribution in [0.2, 0.25) is 0 Å². The number of piperidine rings is 1. The van der Waals surface area contributed by atoms with Crippen molar-refractivity contribution in [1.82, 2.24) is 15.2 Å². The van der Waals surface area contributed by atoms with Crippen molar-refractivity contribution in [2.24, 2.45) is 5.92 Å². The molecule has 1 aromatic heterocycles. The first-order chi connectivity index (χ1) is 9.79. The van der Waals surface area contributed by atoms with E-state index in [1.54, 1.807) is 18.0 Å². The Bertz CT molecular complexity index is 415. The summed E-state index contributed by atoms with van der Waals surface area (Å²) < 4.78 is 0. The fourth-order valence-corrected chi connectivity index (χ4v) is 3.33. The molecule has 1 aliphatic rings. The largest absolute Gasteiger partial charge is 0.342 e. The summed E-state index contributed by atoms with van der Waals surface area (Å²) in [4.78, 5) is 18.4. The smallest absolute Gasteiger partial charge is 0.232 e. The van der Waals surface area contributed by atoms with Gasteiger partial charge >= 0.3 is 0 Å². The first-order valence-electron chi connectivity index (χ1n) is 7.19. The lowest BCUT2D eigenvalue weighted by Crippen LogP contribution is -2.41. The van der Waals surface area contributed by atoms with Gasteiger partial charge in [-0.15, -0.1) is 36.6 Å². The zero-order chi connectivity index (χ0) is 14.2. The molecule has 126 valence electrons. The minimum Gasteiger partial charge on any atom is -0.342 e. The minimum absolute atomic E-state index is 0. The third-order valence-corrected chi connectivity index (χ3v) is 4.61. The van der Waals surface area contributed by atoms with Crippen LogP contribution < -0.4 is 5.32 Å². The van der Waals surface area contributed by atoms with Gasteiger partial charge in [-0.1, -0.05) is 6.07 Å². The average Bonchev–Trinajstić information content (AvgIpc) is 2.49. The maximum Gasteiger partial charge on any atom is 0.232 e. The van der Waals surface area contributed by atoms with Gasteiger partial charge in [-0.2, -0.15) is 0 Å². The van der Waals surface area contributed by atoms with E-state index >= 15 is 0 Å². The van der Waals surface area contributed by atoms with Crippen molar-refractivity contribution in [3.63, 3.8) is 0 Å². The lowest BCUT2D eigenvalue weighted by molar-refractivity contribution is -0.129. The standard InChI is InChI=1S/C15H23N3OS.2ClH/c1-16-10-13-5-8-18(9-6-13)15(19)12-20-11-14-4-2-3-7-17-14;;/h2-4,7,13,16H,5-6,8-12H2,1H3;2*1H. The predicted molar refractivity (Wildman–Crippen MR) is 98.1 cm³/mol. The summed E-state index contributed by atoms with van der Waals surface area (Å²) in [6, 6.07) is 5.90. The highest BCUT2D eigenvalue weighted by atomic mass is 35.5. The van der Waals surface area contributed by atoms with E-state index < -0.39 is 0 Å². The minimum atomic E-state index is 0. The van der Waals surface area contributed by atoms with E-state index in [0.29, 0.717) is 5.75 Å². The average molecular weight is 366 g/mol. The number of hydrogen-bond acceptors (Lipinski definition) is 4. The number of likely N-dealkylation sites (tertiary alicyclic amines) is 1. The summed E-state index contributed by atoms with van der Waals surface area (Å²) in [5.74, 6) is 2.37. The second-order valence-corrected chi connectivity index (χ2v) is 6.18. The maximum atomic E-state index is 12.1. The van der Waals surface area contributed by atoms with Gasteiger partial charge in [0, 0.05) is 25.0 Å². The van der Waals surface area contributed by atoms with Gasteiger partial charge in [-0.3, -0.25) is 9.78 Å². The highest BCUT2D eigenvalue weighted by Crippen LogP contribution is 2.18. The molecule has 0 aromatic carbocycles. The molecule has 1 aromatic rings. The number of carbonyl (C=O) groups is 1. The second kappa shape index (κ2) is 12.0. The first kappa shape index (κ1) is 21.5. The Morgan fingerprint density at radius 3 is 2.68 bits per heavy atom. The lowest BCUT2D eigenvalue weighted by Gasteiger charge is -2.31. The number of rotatable bonds is 6. The third kappa shape index (κ3) is 7.18. The summed E-state index contributed by atoms with van der Waals surface area (Å²) >= 11 is 1.65. The van der Waals surface area contributed by atoms with Gasteiger partial charge in [0.15, 0.2) is 0 Å². The van der Waals surface area contributed by atoms with Crippen molar-refractivity contribution in [2.45, 2.75) is 18.6 Å². The van der Waals surface area contributed by atoms with Crippen LogP contribution in [0.15, 0.2) is 24.4 Å². The third-order valence-electron chi connectivity index (χ3n) is 3.66. The van der Waals surface area contributed by atoms with Crippen molar-refractivity contribution < 1.29 is 4.79 Å². The molecule has 1 aliphatic heterocycles. The molecule has 0 radical (unpaired) electrons. The summed E-state index contributed by atoms with van der Waals surface area (Å²) in [6.07, 6.45) is 4.04. The van der Waals surface area contributed by atoms with Gasteiger partial charge < -0.3 is 10.2 Å². The molecule has 0 aliphatic carbocycles. The van der Waals surface area contributed by atoms with E-state index in [1.165, 1.54) is 0 Å². The molecule has 0 bridgehead atoms. The van der Waals surface area contributed by atoms with E-state index in [-0.39, 0.29) is 30.7 Å². The predicted octanol–water partition coefficient (Wildman–Crippen LogP) is 2.62. The molecule has 4 nitrogen and oxygen atoms in total. The molecule has 22 heavy (non-hydrogen) atoms. The van der Waals surface area contributed by atoms with Gasteiger partial charge in [0.2, 0.25) is 5.91 Å². The fraction of sp³-hybridized carbons (Fsp3) is 0.600. The van der Waals surface area contributed by atoms with Crippen molar-refractivity contribution in [3.8, 4) is 0 Å². The van der Waals surface area contributed by atoms with Gasteiger partial charge in [0.25, 0.3) is 0 Å². The highest BCUT2D eigenvalue weighted by Gasteiger charge is 2.21. The number of aromatic nitrogens is 1. The Balaban J connectivity index is 0.00000220. The molecule has 7 heteroatoms. The van der Waals surface area contributed by atoms with E-state index in [0.717, 1.165) is 49.8 Å². The van der Waals surface area contributed by atoms with Crippen LogP contribution in [0, 0.1) is 5.92 Å². The molecule has 0 unspecified atom stereocenters. The maximum absolute atomic E-state index is 12.1. The molecule has 1 amide bonds. The summed E-state index contributed by atoms with van der Waals surface area (Å²) in [5.41, 5.74) is 1.04. The van der Waals surface area contributed by atoms with Gasteiger partial charge in [0.05, 0.1) is 11.4 Å². The Kier molecular flexibility index (Phi) is 11.7. The lowest BCUT2D eigenvalue weighted by atomic mass is 9.97. The quantitative estimate of drug-likeness (QED) is 0.841. The van der Waals surface area contributed by atoms with Crippen molar-refractivity contribution in [3.05, 3.63) is 30.1 Å². The Labute approximate surface area is 149 Å².